The van der Waals surface area contributed by atoms with Crippen molar-refractivity contribution in [1.82, 2.24) is 24.9 Å². The van der Waals surface area contributed by atoms with Crippen molar-refractivity contribution >= 4 is 40.1 Å². The van der Waals surface area contributed by atoms with Gasteiger partial charge < -0.3 is 10.1 Å². The highest BCUT2D eigenvalue weighted by Crippen LogP contribution is 2.50. The number of carboxylic acid groups (broad SMARTS) is 1. The summed E-state index contributed by atoms with van der Waals surface area (Å²) in [6, 6.07) is 3.66. The number of carboxylic acids is 1. The van der Waals surface area contributed by atoms with Crippen molar-refractivity contribution in [2.75, 3.05) is 0 Å². The fourth-order valence-corrected chi connectivity index (χ4v) is 6.68. The minimum Gasteiger partial charge on any atom is -0.481 e. The zero-order chi connectivity index (χ0) is 23.4. The third kappa shape index (κ3) is 3.58. The van der Waals surface area contributed by atoms with Crippen LogP contribution in [0.5, 0.6) is 0 Å². The highest BCUT2D eigenvalue weighted by atomic mass is 35.5. The maximum Gasteiger partial charge on any atom is 0.307 e. The number of nitrogens with one attached hydrogen (secondary N) is 1. The Kier molecular flexibility index (Phi) is 5.33. The number of hydrogen-bond donors (Lipinski definition) is 2. The van der Waals surface area contributed by atoms with Crippen molar-refractivity contribution in [3.05, 3.63) is 46.6 Å². The molecule has 174 valence electrons. The second kappa shape index (κ2) is 8.39. The van der Waals surface area contributed by atoms with Crippen LogP contribution in [-0.4, -0.2) is 36.0 Å². The minimum absolute atomic E-state index is 0.143. The number of nitrogens with zero attached hydrogens (tertiary/aromatic N) is 4. The molecule has 7 rings (SSSR count). The van der Waals surface area contributed by atoms with E-state index in [1.54, 1.807) is 6.20 Å². The topological polar surface area (TPSA) is 105 Å². The lowest BCUT2D eigenvalue weighted by Gasteiger charge is -2.46. The van der Waals surface area contributed by atoms with Crippen LogP contribution in [0.25, 0.3) is 33.1 Å². The molecule has 3 aliphatic carbocycles. The van der Waals surface area contributed by atoms with Gasteiger partial charge in [-0.15, -0.1) is 11.3 Å². The highest BCUT2D eigenvalue weighted by Gasteiger charge is 2.47. The molecule has 34 heavy (non-hydrogen) atoms. The Balaban J connectivity index is 1.49. The van der Waals surface area contributed by atoms with Crippen molar-refractivity contribution in [1.29, 1.82) is 0 Å². The molecule has 2 N–H and O–H groups in total. The average molecular weight is 498 g/mol. The molecular formula is C24H21ClFN5O2S. The molecule has 7 nitrogen and oxygen atoms in total. The molecule has 2 bridgehead atoms. The molecule has 3 fully saturated rings. The number of thiophene rings is 1. The van der Waals surface area contributed by atoms with Gasteiger partial charge in [0, 0.05) is 6.20 Å². The monoisotopic (exact) mass is 497 g/mol. The number of hydrogen-bond acceptors (Lipinski definition) is 6. The van der Waals surface area contributed by atoms with E-state index in [2.05, 4.69) is 24.9 Å². The Labute approximate surface area is 203 Å². The van der Waals surface area contributed by atoms with Crippen LogP contribution in [0.4, 0.5) is 4.39 Å². The first kappa shape index (κ1) is 21.6. The van der Waals surface area contributed by atoms with E-state index in [9.17, 15) is 9.90 Å². The lowest BCUT2D eigenvalue weighted by molar-refractivity contribution is -0.152. The van der Waals surface area contributed by atoms with Gasteiger partial charge in [0.2, 0.25) is 0 Å². The normalized spacial score (nSPS) is 24.1. The molecule has 3 saturated carbocycles. The minimum atomic E-state index is -0.783. The van der Waals surface area contributed by atoms with E-state index < -0.39 is 17.7 Å². The third-order valence-corrected chi connectivity index (χ3v) is 8.43. The van der Waals surface area contributed by atoms with Gasteiger partial charge in [-0.25, -0.2) is 24.3 Å². The van der Waals surface area contributed by atoms with E-state index >= 15 is 4.39 Å². The summed E-state index contributed by atoms with van der Waals surface area (Å²) < 4.78 is 15.8. The number of aromatic amines is 1. The first-order valence-electron chi connectivity index (χ1n) is 11.3. The lowest BCUT2D eigenvalue weighted by atomic mass is 9.57. The molecule has 4 aromatic rings. The van der Waals surface area contributed by atoms with Gasteiger partial charge in [-0.2, -0.15) is 0 Å². The largest absolute Gasteiger partial charge is 0.481 e. The molecule has 4 aromatic heterocycles. The lowest BCUT2D eigenvalue weighted by Crippen LogP contribution is -2.45. The van der Waals surface area contributed by atoms with Crippen LogP contribution in [0.1, 0.15) is 31.4 Å². The summed E-state index contributed by atoms with van der Waals surface area (Å²) in [7, 11) is 0. The number of halogens is 2. The van der Waals surface area contributed by atoms with Gasteiger partial charge in [-0.1, -0.05) is 17.7 Å². The van der Waals surface area contributed by atoms with Crippen LogP contribution in [0.3, 0.4) is 0 Å². The van der Waals surface area contributed by atoms with E-state index in [0.717, 1.165) is 25.7 Å². The first-order valence-corrected chi connectivity index (χ1v) is 12.6. The Morgan fingerprint density at radius 3 is 2.74 bits per heavy atom. The van der Waals surface area contributed by atoms with Gasteiger partial charge in [0.1, 0.15) is 16.4 Å². The quantitative estimate of drug-likeness (QED) is 0.371. The molecule has 2 atom stereocenters. The van der Waals surface area contributed by atoms with Gasteiger partial charge in [-0.05, 0) is 61.3 Å². The second-order valence-corrected chi connectivity index (χ2v) is 10.5. The summed E-state index contributed by atoms with van der Waals surface area (Å²) in [5.41, 5.74) is 2.07. The standard InChI is InChI=1S/C24H21ClFN5O2S/c25-17-10-28-23-20(30-17)14(9-27-23)22-29-15(19(26)21(31-22)16-2-1-7-34-16)8-13-11-3-5-12(6-4-11)18(13)24(32)33/h1-2,7,9-13,18H,3-6,8H2,(H,27,28)(H,32,33)/t11?,12?,13-,18-/m0/s1. The summed E-state index contributed by atoms with van der Waals surface area (Å²) in [5.74, 6) is -1.14. The average Bonchev–Trinajstić information content (AvgIpc) is 3.51. The molecular weight excluding hydrogens is 477 g/mol. The SMILES string of the molecule is O=C(O)[C@H]1C2CCC(CC2)[C@@H]1Cc1nc(-c2c[nH]c3ncc(Cl)nc23)nc(-c2cccs2)c1F. The molecule has 4 heterocycles. The van der Waals surface area contributed by atoms with Crippen LogP contribution >= 0.6 is 22.9 Å². The fraction of sp³-hybridized carbons (Fsp3) is 0.375. The van der Waals surface area contributed by atoms with E-state index in [-0.39, 0.29) is 40.7 Å². The molecule has 0 unspecified atom stereocenters. The summed E-state index contributed by atoms with van der Waals surface area (Å²) >= 11 is 7.47. The van der Waals surface area contributed by atoms with Crippen molar-refractivity contribution < 1.29 is 14.3 Å². The molecule has 0 spiro atoms. The van der Waals surface area contributed by atoms with Crippen LogP contribution < -0.4 is 0 Å². The molecule has 0 saturated heterocycles. The van der Waals surface area contributed by atoms with Crippen molar-refractivity contribution in [3.63, 3.8) is 0 Å². The van der Waals surface area contributed by atoms with Crippen LogP contribution in [0.15, 0.2) is 29.9 Å². The number of fused-ring (bicyclic) bond motifs is 4. The smallest absolute Gasteiger partial charge is 0.307 e. The van der Waals surface area contributed by atoms with Gasteiger partial charge in [0.25, 0.3) is 0 Å². The van der Waals surface area contributed by atoms with Gasteiger partial charge in [0.15, 0.2) is 17.3 Å². The van der Waals surface area contributed by atoms with E-state index in [0.29, 0.717) is 27.4 Å². The zero-order valence-corrected chi connectivity index (χ0v) is 19.6. The summed E-state index contributed by atoms with van der Waals surface area (Å²) in [6.07, 6.45) is 7.27. The molecule has 3 aliphatic rings. The van der Waals surface area contributed by atoms with Gasteiger partial charge >= 0.3 is 5.97 Å². The molecule has 0 radical (unpaired) electrons. The van der Waals surface area contributed by atoms with Crippen molar-refractivity contribution in [3.8, 4) is 22.0 Å². The van der Waals surface area contributed by atoms with Gasteiger partial charge in [-0.3, -0.25) is 4.79 Å². The maximum atomic E-state index is 15.8. The van der Waals surface area contributed by atoms with Crippen molar-refractivity contribution in [2.45, 2.75) is 32.1 Å². The molecule has 0 aliphatic heterocycles. The molecule has 0 aromatic carbocycles. The van der Waals surface area contributed by atoms with Gasteiger partial charge in [0.05, 0.1) is 28.2 Å². The number of aliphatic carboxylic acids is 1. The van der Waals surface area contributed by atoms with E-state index in [1.165, 1.54) is 17.5 Å². The number of carbonyl (C=O) groups is 1. The summed E-state index contributed by atoms with van der Waals surface area (Å²) in [5, 5.41) is 12.1. The Bertz CT molecular complexity index is 1380. The Morgan fingerprint density at radius 2 is 2.00 bits per heavy atom. The summed E-state index contributed by atoms with van der Waals surface area (Å²) in [4.78, 5) is 33.7. The predicted octanol–water partition coefficient (Wildman–Crippen LogP) is 5.62. The van der Waals surface area contributed by atoms with Crippen LogP contribution in [-0.2, 0) is 11.2 Å². The van der Waals surface area contributed by atoms with Crippen LogP contribution in [0, 0.1) is 29.5 Å². The summed E-state index contributed by atoms with van der Waals surface area (Å²) in [6.45, 7) is 0. The number of rotatable bonds is 5. The van der Waals surface area contributed by atoms with Crippen molar-refractivity contribution in [2.24, 2.45) is 23.7 Å². The number of aromatic nitrogens is 5. The molecule has 0 amide bonds. The predicted molar refractivity (Wildman–Crippen MR) is 127 cm³/mol. The second-order valence-electron chi connectivity index (χ2n) is 9.13. The first-order chi connectivity index (χ1) is 16.5. The fourth-order valence-electron chi connectivity index (χ4n) is 5.84. The molecule has 10 heteroatoms. The highest BCUT2D eigenvalue weighted by molar-refractivity contribution is 7.13. The maximum absolute atomic E-state index is 15.8. The Morgan fingerprint density at radius 1 is 1.21 bits per heavy atom. The zero-order valence-electron chi connectivity index (χ0n) is 18.0. The Hall–Kier alpha value is -2.91. The van der Waals surface area contributed by atoms with E-state index in [4.69, 9.17) is 11.6 Å². The third-order valence-electron chi connectivity index (χ3n) is 7.37. The number of H-pyrrole nitrogens is 1. The van der Waals surface area contributed by atoms with E-state index in [1.807, 2.05) is 17.5 Å². The van der Waals surface area contributed by atoms with Crippen LogP contribution in [0.2, 0.25) is 5.15 Å².